The molecular formula is C15H24N2O3. The van der Waals surface area contributed by atoms with E-state index in [1.165, 1.54) is 39.2 Å². The van der Waals surface area contributed by atoms with Crippen molar-refractivity contribution in [3.05, 3.63) is 0 Å². The molecule has 0 spiro atoms. The summed E-state index contributed by atoms with van der Waals surface area (Å²) in [5.74, 6) is 1.64. The van der Waals surface area contributed by atoms with E-state index < -0.39 is 11.8 Å². The molecule has 0 aliphatic heterocycles. The Morgan fingerprint density at radius 3 is 2.05 bits per heavy atom. The van der Waals surface area contributed by atoms with Gasteiger partial charge in [-0.2, -0.15) is 0 Å². The van der Waals surface area contributed by atoms with Crippen molar-refractivity contribution >= 4 is 11.8 Å². The number of carbonyl (C=O) groups is 2. The van der Waals surface area contributed by atoms with Gasteiger partial charge in [-0.1, -0.05) is 0 Å². The van der Waals surface area contributed by atoms with Gasteiger partial charge in [-0.25, -0.2) is 0 Å². The van der Waals surface area contributed by atoms with Gasteiger partial charge in [0.25, 0.3) is 0 Å². The van der Waals surface area contributed by atoms with Crippen molar-refractivity contribution in [2.75, 3.05) is 20.7 Å². The van der Waals surface area contributed by atoms with Crippen LogP contribution in [0.5, 0.6) is 0 Å². The minimum atomic E-state index is -0.583. The molecular weight excluding hydrogens is 256 g/mol. The average molecular weight is 280 g/mol. The van der Waals surface area contributed by atoms with Crippen LogP contribution in [0.15, 0.2) is 0 Å². The van der Waals surface area contributed by atoms with Crippen LogP contribution in [0, 0.1) is 23.7 Å². The van der Waals surface area contributed by atoms with Gasteiger partial charge in [0.2, 0.25) is 0 Å². The molecule has 2 N–H and O–H groups in total. The van der Waals surface area contributed by atoms with Gasteiger partial charge in [-0.3, -0.25) is 9.59 Å². The lowest BCUT2D eigenvalue weighted by molar-refractivity contribution is -0.188. The highest BCUT2D eigenvalue weighted by atomic mass is 16.5. The molecule has 5 heteroatoms. The van der Waals surface area contributed by atoms with Crippen LogP contribution < -0.4 is 10.6 Å². The van der Waals surface area contributed by atoms with Crippen molar-refractivity contribution in [3.8, 4) is 0 Å². The highest BCUT2D eigenvalue weighted by molar-refractivity contribution is 6.35. The molecule has 4 aliphatic carbocycles. The number of hydrogen-bond donors (Lipinski definition) is 2. The second kappa shape index (κ2) is 5.02. The molecule has 0 radical (unpaired) electrons. The summed E-state index contributed by atoms with van der Waals surface area (Å²) in [7, 11) is 3.23. The summed E-state index contributed by atoms with van der Waals surface area (Å²) < 4.78 is 5.93. The molecule has 4 fully saturated rings. The lowest BCUT2D eigenvalue weighted by Gasteiger charge is -2.60. The first kappa shape index (κ1) is 13.9. The molecule has 20 heavy (non-hydrogen) atoms. The van der Waals surface area contributed by atoms with Crippen LogP contribution in [-0.2, 0) is 14.3 Å². The van der Waals surface area contributed by atoms with E-state index in [2.05, 4.69) is 10.6 Å². The molecule has 0 heterocycles. The quantitative estimate of drug-likeness (QED) is 0.747. The molecule has 2 amide bonds. The summed E-state index contributed by atoms with van der Waals surface area (Å²) >= 11 is 0. The lowest BCUT2D eigenvalue weighted by Crippen LogP contribution is -2.63. The van der Waals surface area contributed by atoms with E-state index in [0.717, 1.165) is 11.8 Å². The van der Waals surface area contributed by atoms with Gasteiger partial charge in [-0.05, 0) is 55.8 Å². The second-order valence-corrected chi connectivity index (χ2v) is 6.73. The Labute approximate surface area is 119 Å². The van der Waals surface area contributed by atoms with E-state index in [0.29, 0.717) is 18.4 Å². The fourth-order valence-corrected chi connectivity index (χ4v) is 5.09. The van der Waals surface area contributed by atoms with Crippen LogP contribution in [0.3, 0.4) is 0 Å². The van der Waals surface area contributed by atoms with Gasteiger partial charge in [0.05, 0.1) is 5.60 Å². The number of ether oxygens (including phenoxy) is 1. The molecule has 0 saturated heterocycles. The predicted octanol–water partition coefficient (Wildman–Crippen LogP) is 0.690. The van der Waals surface area contributed by atoms with E-state index in [1.54, 1.807) is 7.11 Å². The first-order chi connectivity index (χ1) is 9.59. The van der Waals surface area contributed by atoms with E-state index in [1.807, 2.05) is 0 Å². The van der Waals surface area contributed by atoms with Crippen LogP contribution in [0.2, 0.25) is 0 Å². The van der Waals surface area contributed by atoms with Crippen molar-refractivity contribution in [2.45, 2.75) is 37.7 Å². The third-order valence-corrected chi connectivity index (χ3v) is 5.86. The van der Waals surface area contributed by atoms with Crippen LogP contribution >= 0.6 is 0 Å². The number of rotatable bonds is 3. The summed E-state index contributed by atoms with van der Waals surface area (Å²) in [5, 5.41) is 5.13. The molecule has 4 bridgehead atoms. The molecule has 0 atom stereocenters. The van der Waals surface area contributed by atoms with Gasteiger partial charge in [0, 0.05) is 20.7 Å². The first-order valence-electron chi connectivity index (χ1n) is 7.64. The zero-order chi connectivity index (χ0) is 14.3. The third kappa shape index (κ3) is 2.03. The van der Waals surface area contributed by atoms with Crippen molar-refractivity contribution < 1.29 is 14.3 Å². The topological polar surface area (TPSA) is 67.4 Å². The highest BCUT2D eigenvalue weighted by Crippen LogP contribution is 2.59. The number of hydrogen-bond acceptors (Lipinski definition) is 3. The maximum atomic E-state index is 11.7. The maximum Gasteiger partial charge on any atom is 0.309 e. The number of methoxy groups -OCH3 is 1. The Kier molecular flexibility index (Phi) is 3.48. The van der Waals surface area contributed by atoms with E-state index in [4.69, 9.17) is 4.74 Å². The van der Waals surface area contributed by atoms with Crippen LogP contribution in [0.1, 0.15) is 32.1 Å². The average Bonchev–Trinajstić information content (AvgIpc) is 2.45. The third-order valence-electron chi connectivity index (χ3n) is 5.86. The molecule has 4 aliphatic rings. The monoisotopic (exact) mass is 280 g/mol. The Bertz CT molecular complexity index is 393. The van der Waals surface area contributed by atoms with Gasteiger partial charge in [-0.15, -0.1) is 0 Å². The fraction of sp³-hybridized carbons (Fsp3) is 0.867. The van der Waals surface area contributed by atoms with Crippen LogP contribution in [-0.4, -0.2) is 38.1 Å². The largest absolute Gasteiger partial charge is 0.376 e. The predicted molar refractivity (Wildman–Crippen MR) is 73.9 cm³/mol. The second-order valence-electron chi connectivity index (χ2n) is 6.73. The minimum absolute atomic E-state index is 0.253. The fourth-order valence-electron chi connectivity index (χ4n) is 5.09. The summed E-state index contributed by atoms with van der Waals surface area (Å²) in [4.78, 5) is 23.0. The van der Waals surface area contributed by atoms with Crippen molar-refractivity contribution in [1.29, 1.82) is 0 Å². The summed E-state index contributed by atoms with van der Waals surface area (Å²) in [6.07, 6.45) is 6.26. The zero-order valence-electron chi connectivity index (χ0n) is 12.3. The van der Waals surface area contributed by atoms with Crippen molar-refractivity contribution in [3.63, 3.8) is 0 Å². The van der Waals surface area contributed by atoms with Crippen LogP contribution in [0.25, 0.3) is 0 Å². The van der Waals surface area contributed by atoms with Gasteiger partial charge >= 0.3 is 11.8 Å². The summed E-state index contributed by atoms with van der Waals surface area (Å²) in [6.45, 7) is 0.463. The Morgan fingerprint density at radius 1 is 1.05 bits per heavy atom. The normalized spacial score (nSPS) is 41.5. The minimum Gasteiger partial charge on any atom is -0.376 e. The molecule has 0 unspecified atom stereocenters. The van der Waals surface area contributed by atoms with Crippen molar-refractivity contribution in [1.82, 2.24) is 10.6 Å². The molecule has 4 saturated carbocycles. The molecule has 0 aromatic rings. The Hall–Kier alpha value is -1.10. The zero-order valence-corrected chi connectivity index (χ0v) is 12.3. The Morgan fingerprint density at radius 2 is 1.60 bits per heavy atom. The van der Waals surface area contributed by atoms with Gasteiger partial charge in [0.15, 0.2) is 0 Å². The standard InChI is InChI=1S/C15H24N2O3/c1-16-13(18)14(19)17-8-15(20-2)11-4-9-3-10(6-11)7-12(15)5-9/h9-12H,3-8H2,1-2H3,(H,16,18)(H,17,19). The molecule has 0 aromatic heterocycles. The number of likely N-dealkylation sites (N-methyl/N-ethyl adjacent to an activating group) is 1. The molecule has 0 aromatic carbocycles. The number of amides is 2. The number of carbonyl (C=O) groups excluding carboxylic acids is 2. The first-order valence-corrected chi connectivity index (χ1v) is 7.64. The van der Waals surface area contributed by atoms with Crippen molar-refractivity contribution in [2.24, 2.45) is 23.7 Å². The number of nitrogens with one attached hydrogen (secondary N) is 2. The molecule has 5 nitrogen and oxygen atoms in total. The summed E-state index contributed by atoms with van der Waals surface area (Å²) in [5.41, 5.74) is -0.253. The molecule has 112 valence electrons. The van der Waals surface area contributed by atoms with Gasteiger partial charge in [0.1, 0.15) is 0 Å². The SMILES string of the molecule is CNC(=O)C(=O)NCC1(OC)C2CC3CC(C2)CC1C3. The maximum absolute atomic E-state index is 11.7. The van der Waals surface area contributed by atoms with Crippen LogP contribution in [0.4, 0.5) is 0 Å². The van der Waals surface area contributed by atoms with E-state index >= 15 is 0 Å². The smallest absolute Gasteiger partial charge is 0.309 e. The van der Waals surface area contributed by atoms with Gasteiger partial charge < -0.3 is 15.4 Å². The summed E-state index contributed by atoms with van der Waals surface area (Å²) in [6, 6.07) is 0. The van der Waals surface area contributed by atoms with E-state index in [9.17, 15) is 9.59 Å². The van der Waals surface area contributed by atoms with E-state index in [-0.39, 0.29) is 5.60 Å². The molecule has 4 rings (SSSR count). The lowest BCUT2D eigenvalue weighted by atomic mass is 9.49. The Balaban J connectivity index is 1.72. The highest BCUT2D eigenvalue weighted by Gasteiger charge is 2.57.